The lowest BCUT2D eigenvalue weighted by Crippen LogP contribution is -2.32. The van der Waals surface area contributed by atoms with E-state index in [4.69, 9.17) is 16.9 Å². The molecule has 0 saturated heterocycles. The van der Waals surface area contributed by atoms with Crippen LogP contribution in [0.15, 0.2) is 29.8 Å². The van der Waals surface area contributed by atoms with E-state index in [0.29, 0.717) is 10.6 Å². The zero-order valence-corrected chi connectivity index (χ0v) is 11.2. The fraction of sp³-hybridized carbons (Fsp3) is 0.286. The van der Waals surface area contributed by atoms with E-state index < -0.39 is 0 Å². The zero-order valence-electron chi connectivity index (χ0n) is 10.4. The number of hydrogen-bond acceptors (Lipinski definition) is 2. The summed E-state index contributed by atoms with van der Waals surface area (Å²) in [5.74, 6) is -0.369. The summed E-state index contributed by atoms with van der Waals surface area (Å²) in [5.41, 5.74) is 0.721. The van der Waals surface area contributed by atoms with Crippen LogP contribution in [-0.4, -0.2) is 11.9 Å². The molecule has 0 radical (unpaired) electrons. The molecule has 0 unspecified atom stereocenters. The fourth-order valence-corrected chi connectivity index (χ4v) is 1.49. The van der Waals surface area contributed by atoms with Gasteiger partial charge in [-0.3, -0.25) is 4.79 Å². The highest BCUT2D eigenvalue weighted by Crippen LogP contribution is 2.18. The number of nitrogens with zero attached hydrogens (tertiary/aromatic N) is 1. The molecule has 0 saturated carbocycles. The lowest BCUT2D eigenvalue weighted by Gasteiger charge is -2.10. The number of amides is 1. The molecule has 0 aromatic heterocycles. The molecule has 0 bridgehead atoms. The maximum absolute atomic E-state index is 11.8. The van der Waals surface area contributed by atoms with Crippen LogP contribution in [0.3, 0.4) is 0 Å². The van der Waals surface area contributed by atoms with Crippen molar-refractivity contribution in [1.82, 2.24) is 5.32 Å². The molecule has 0 aliphatic carbocycles. The van der Waals surface area contributed by atoms with Crippen LogP contribution < -0.4 is 5.32 Å². The Balaban J connectivity index is 2.94. The summed E-state index contributed by atoms with van der Waals surface area (Å²) in [6.07, 6.45) is 2.32. The predicted octanol–water partition coefficient (Wildman–Crippen LogP) is 3.16. The van der Waals surface area contributed by atoms with Crippen molar-refractivity contribution in [3.05, 3.63) is 40.4 Å². The van der Waals surface area contributed by atoms with E-state index >= 15 is 0 Å². The summed E-state index contributed by atoms with van der Waals surface area (Å²) < 4.78 is 0. The Bertz CT molecular complexity index is 503. The Morgan fingerprint density at radius 1 is 1.56 bits per heavy atom. The average molecular weight is 263 g/mol. The van der Waals surface area contributed by atoms with Gasteiger partial charge in [0.15, 0.2) is 0 Å². The van der Waals surface area contributed by atoms with Crippen molar-refractivity contribution in [1.29, 1.82) is 5.26 Å². The fourth-order valence-electron chi connectivity index (χ4n) is 1.30. The third kappa shape index (κ3) is 3.90. The van der Waals surface area contributed by atoms with Crippen molar-refractivity contribution in [2.75, 3.05) is 0 Å². The van der Waals surface area contributed by atoms with Crippen molar-refractivity contribution in [2.45, 2.75) is 26.3 Å². The minimum absolute atomic E-state index is 0.0421. The van der Waals surface area contributed by atoms with E-state index in [1.165, 1.54) is 6.08 Å². The Kier molecular flexibility index (Phi) is 5.41. The van der Waals surface area contributed by atoms with E-state index in [9.17, 15) is 4.79 Å². The third-order valence-corrected chi connectivity index (χ3v) is 2.90. The maximum atomic E-state index is 11.8. The first-order valence-electron chi connectivity index (χ1n) is 5.75. The van der Waals surface area contributed by atoms with Gasteiger partial charge in [-0.05, 0) is 31.1 Å². The normalized spacial score (nSPS) is 12.7. The lowest BCUT2D eigenvalue weighted by molar-refractivity contribution is -0.117. The van der Waals surface area contributed by atoms with Crippen LogP contribution >= 0.6 is 11.6 Å². The Morgan fingerprint density at radius 2 is 2.22 bits per heavy atom. The van der Waals surface area contributed by atoms with E-state index in [0.717, 1.165) is 6.42 Å². The van der Waals surface area contributed by atoms with Crippen LogP contribution in [0.1, 0.15) is 25.8 Å². The summed E-state index contributed by atoms with van der Waals surface area (Å²) in [6.45, 7) is 3.86. The zero-order chi connectivity index (χ0) is 13.5. The van der Waals surface area contributed by atoms with Gasteiger partial charge in [0.1, 0.15) is 11.6 Å². The van der Waals surface area contributed by atoms with Crippen LogP contribution in [0, 0.1) is 11.3 Å². The van der Waals surface area contributed by atoms with Gasteiger partial charge in [-0.2, -0.15) is 5.26 Å². The largest absolute Gasteiger partial charge is 0.349 e. The molecule has 1 atom stereocenters. The van der Waals surface area contributed by atoms with E-state index in [2.05, 4.69) is 5.32 Å². The third-order valence-electron chi connectivity index (χ3n) is 2.56. The number of carbonyl (C=O) groups is 1. The van der Waals surface area contributed by atoms with Crippen molar-refractivity contribution < 1.29 is 4.79 Å². The van der Waals surface area contributed by atoms with Crippen LogP contribution in [0.2, 0.25) is 5.02 Å². The molecule has 1 amide bonds. The van der Waals surface area contributed by atoms with Gasteiger partial charge in [-0.25, -0.2) is 0 Å². The number of nitrogens with one attached hydrogen (secondary N) is 1. The average Bonchev–Trinajstić information content (AvgIpc) is 2.37. The standard InChI is InChI=1S/C14H15ClN2O/c1-3-10(2)17-14(18)12(9-16)8-11-6-4-5-7-13(11)15/h4-8,10H,3H2,1-2H3,(H,17,18)/b12-8+/t10-/m1/s1. The van der Waals surface area contributed by atoms with E-state index in [1.807, 2.05) is 19.9 Å². The van der Waals surface area contributed by atoms with Crippen molar-refractivity contribution >= 4 is 23.6 Å². The maximum Gasteiger partial charge on any atom is 0.262 e. The second-order valence-corrected chi connectivity index (χ2v) is 4.38. The molecular formula is C14H15ClN2O. The molecule has 0 spiro atoms. The van der Waals surface area contributed by atoms with Gasteiger partial charge in [-0.15, -0.1) is 0 Å². The molecule has 4 heteroatoms. The van der Waals surface area contributed by atoms with Gasteiger partial charge in [0.2, 0.25) is 0 Å². The summed E-state index contributed by atoms with van der Waals surface area (Å²) in [4.78, 5) is 11.8. The number of benzene rings is 1. The van der Waals surface area contributed by atoms with Gasteiger partial charge in [-0.1, -0.05) is 36.7 Å². The van der Waals surface area contributed by atoms with Gasteiger partial charge in [0.05, 0.1) is 0 Å². The van der Waals surface area contributed by atoms with Crippen molar-refractivity contribution in [2.24, 2.45) is 0 Å². The summed E-state index contributed by atoms with van der Waals surface area (Å²) in [6, 6.07) is 9.02. The van der Waals surface area contributed by atoms with E-state index in [-0.39, 0.29) is 17.5 Å². The Hall–Kier alpha value is -1.79. The highest BCUT2D eigenvalue weighted by Gasteiger charge is 2.11. The quantitative estimate of drug-likeness (QED) is 0.669. The molecule has 0 fully saturated rings. The van der Waals surface area contributed by atoms with Crippen LogP contribution in [0.5, 0.6) is 0 Å². The van der Waals surface area contributed by atoms with Gasteiger partial charge in [0, 0.05) is 11.1 Å². The van der Waals surface area contributed by atoms with Crippen LogP contribution in [0.25, 0.3) is 6.08 Å². The first-order chi connectivity index (χ1) is 8.58. The molecule has 94 valence electrons. The number of hydrogen-bond donors (Lipinski definition) is 1. The monoisotopic (exact) mass is 262 g/mol. The first-order valence-corrected chi connectivity index (χ1v) is 6.13. The van der Waals surface area contributed by atoms with Crippen molar-refractivity contribution in [3.63, 3.8) is 0 Å². The van der Waals surface area contributed by atoms with Gasteiger partial charge < -0.3 is 5.32 Å². The predicted molar refractivity (Wildman–Crippen MR) is 72.9 cm³/mol. The molecular weight excluding hydrogens is 248 g/mol. The molecule has 1 N–H and O–H groups in total. The van der Waals surface area contributed by atoms with Gasteiger partial charge in [0.25, 0.3) is 5.91 Å². The summed E-state index contributed by atoms with van der Waals surface area (Å²) in [7, 11) is 0. The molecule has 18 heavy (non-hydrogen) atoms. The number of carbonyl (C=O) groups excluding carboxylic acids is 1. The minimum atomic E-state index is -0.369. The highest BCUT2D eigenvalue weighted by atomic mass is 35.5. The van der Waals surface area contributed by atoms with E-state index in [1.54, 1.807) is 24.3 Å². The van der Waals surface area contributed by atoms with Gasteiger partial charge >= 0.3 is 0 Å². The molecule has 3 nitrogen and oxygen atoms in total. The highest BCUT2D eigenvalue weighted by molar-refractivity contribution is 6.32. The Labute approximate surface area is 112 Å². The molecule has 0 heterocycles. The van der Waals surface area contributed by atoms with Crippen molar-refractivity contribution in [3.8, 4) is 6.07 Å². The van der Waals surface area contributed by atoms with Crippen LogP contribution in [-0.2, 0) is 4.79 Å². The SMILES string of the molecule is CC[C@@H](C)NC(=O)/C(C#N)=C/c1ccccc1Cl. The number of nitriles is 1. The molecule has 0 aliphatic rings. The molecule has 1 aromatic carbocycles. The molecule has 0 aliphatic heterocycles. The summed E-state index contributed by atoms with van der Waals surface area (Å²) >= 11 is 5.98. The minimum Gasteiger partial charge on any atom is -0.349 e. The second kappa shape index (κ2) is 6.83. The van der Waals surface area contributed by atoms with Crippen LogP contribution in [0.4, 0.5) is 0 Å². The lowest BCUT2D eigenvalue weighted by atomic mass is 10.1. The second-order valence-electron chi connectivity index (χ2n) is 3.97. The smallest absolute Gasteiger partial charge is 0.262 e. The number of halogens is 1. The first kappa shape index (κ1) is 14.3. The Morgan fingerprint density at radius 3 is 2.78 bits per heavy atom. The topological polar surface area (TPSA) is 52.9 Å². The molecule has 1 rings (SSSR count). The number of rotatable bonds is 4. The molecule has 1 aromatic rings. The summed E-state index contributed by atoms with van der Waals surface area (Å²) in [5, 5.41) is 12.3.